The first-order chi connectivity index (χ1) is 25.0. The Labute approximate surface area is 305 Å². The van der Waals surface area contributed by atoms with Crippen LogP contribution in [0.25, 0.3) is 0 Å². The highest BCUT2D eigenvalue weighted by Crippen LogP contribution is 2.50. The van der Waals surface area contributed by atoms with Crippen LogP contribution in [0.5, 0.6) is 5.75 Å². The van der Waals surface area contributed by atoms with Gasteiger partial charge in [-0.05, 0) is 63.4 Å². The summed E-state index contributed by atoms with van der Waals surface area (Å²) in [6, 6.07) is 29.4. The van der Waals surface area contributed by atoms with Crippen molar-refractivity contribution in [2.75, 3.05) is 20.3 Å². The van der Waals surface area contributed by atoms with Crippen LogP contribution in [0.1, 0.15) is 62.6 Å². The lowest BCUT2D eigenvalue weighted by molar-refractivity contribution is -0.0946. The number of nitriles is 1. The Morgan fingerprint density at radius 2 is 1.54 bits per heavy atom. The van der Waals surface area contributed by atoms with Crippen molar-refractivity contribution in [3.63, 3.8) is 0 Å². The summed E-state index contributed by atoms with van der Waals surface area (Å²) >= 11 is 0. The van der Waals surface area contributed by atoms with Crippen LogP contribution in [0.4, 0.5) is 0 Å². The molecule has 1 fully saturated rings. The van der Waals surface area contributed by atoms with Gasteiger partial charge in [0, 0.05) is 23.8 Å². The molecule has 12 nitrogen and oxygen atoms in total. The fourth-order valence-corrected chi connectivity index (χ4v) is 8.29. The summed E-state index contributed by atoms with van der Waals surface area (Å²) in [5.41, 5.74) is 0.354. The van der Waals surface area contributed by atoms with Gasteiger partial charge in [0.05, 0.1) is 32.8 Å². The first kappa shape index (κ1) is 39.0. The number of hydrogen-bond acceptors (Lipinski definition) is 10. The zero-order valence-corrected chi connectivity index (χ0v) is 31.2. The quantitative estimate of drug-likeness (QED) is 0.0826. The monoisotopic (exact) mass is 730 g/mol. The summed E-state index contributed by atoms with van der Waals surface area (Å²) in [5, 5.41) is 21.3. The summed E-state index contributed by atoms with van der Waals surface area (Å²) in [5.74, 6) is 0.684. The molecule has 5 rings (SSSR count). The number of aliphatic hydroxyl groups is 1. The van der Waals surface area contributed by atoms with Crippen LogP contribution in [-0.2, 0) is 24.1 Å². The Morgan fingerprint density at radius 3 is 2.08 bits per heavy atom. The molecule has 2 heterocycles. The minimum Gasteiger partial charge on any atom is -0.497 e. The summed E-state index contributed by atoms with van der Waals surface area (Å²) in [6.45, 7) is 9.65. The molecule has 5 atom stereocenters. The van der Waals surface area contributed by atoms with Gasteiger partial charge in [0.25, 0.3) is 14.1 Å². The topological polar surface area (TPSA) is 148 Å². The van der Waals surface area contributed by atoms with Gasteiger partial charge in [-0.1, -0.05) is 72.8 Å². The second kappa shape index (κ2) is 17.6. The lowest BCUT2D eigenvalue weighted by Crippen LogP contribution is -2.42. The molecule has 1 aliphatic heterocycles. The third-order valence-electron chi connectivity index (χ3n) is 8.92. The van der Waals surface area contributed by atoms with Gasteiger partial charge in [-0.15, -0.1) is 0 Å². The Hall–Kier alpha value is -4.18. The van der Waals surface area contributed by atoms with E-state index in [0.29, 0.717) is 5.75 Å². The van der Waals surface area contributed by atoms with Gasteiger partial charge in [0.2, 0.25) is 0 Å². The summed E-state index contributed by atoms with van der Waals surface area (Å²) in [6.07, 6.45) is -3.09. The number of aromatic amines is 1. The maximum atomic E-state index is 13.1. The Kier molecular flexibility index (Phi) is 13.2. The fraction of sp³-hybridized carbons (Fsp3) is 0.410. The van der Waals surface area contributed by atoms with Gasteiger partial charge >= 0.3 is 5.69 Å². The zero-order chi connectivity index (χ0) is 37.4. The number of nitrogens with one attached hydrogen (secondary N) is 1. The van der Waals surface area contributed by atoms with Crippen LogP contribution >= 0.6 is 8.53 Å². The lowest BCUT2D eigenvalue weighted by atomic mass is 9.80. The SMILES string of the molecule is COc1ccc(C(OC[C@H]2O[C@@H](n3cc(C)c(=O)[nH]c3=O)C(O)[C@H]2OP(OCCC#N)N(C(C)C)C(C)C)(c2ccccc2)c2ccccc2)cc1. The second-order valence-corrected chi connectivity index (χ2v) is 14.5. The van der Waals surface area contributed by atoms with Gasteiger partial charge in [0.1, 0.15) is 29.7 Å². The van der Waals surface area contributed by atoms with Crippen molar-refractivity contribution in [3.8, 4) is 11.8 Å². The van der Waals surface area contributed by atoms with Crippen molar-refractivity contribution in [1.82, 2.24) is 14.2 Å². The molecule has 1 aromatic heterocycles. The Balaban J connectivity index is 1.62. The van der Waals surface area contributed by atoms with Crippen molar-refractivity contribution in [2.45, 2.75) is 83.3 Å². The van der Waals surface area contributed by atoms with Crippen molar-refractivity contribution in [2.24, 2.45) is 0 Å². The van der Waals surface area contributed by atoms with E-state index in [1.54, 1.807) is 14.0 Å². The van der Waals surface area contributed by atoms with Gasteiger partial charge in [-0.25, -0.2) is 9.46 Å². The molecule has 0 bridgehead atoms. The number of aliphatic hydroxyl groups excluding tert-OH is 1. The van der Waals surface area contributed by atoms with E-state index < -0.39 is 49.9 Å². The van der Waals surface area contributed by atoms with E-state index in [-0.39, 0.29) is 37.3 Å². The van der Waals surface area contributed by atoms with Crippen molar-refractivity contribution in [1.29, 1.82) is 5.26 Å². The van der Waals surface area contributed by atoms with Crippen LogP contribution in [0.2, 0.25) is 0 Å². The minimum atomic E-state index is -1.83. The highest BCUT2D eigenvalue weighted by atomic mass is 31.2. The minimum absolute atomic E-state index is 0.0125. The Morgan fingerprint density at radius 1 is 0.962 bits per heavy atom. The molecular formula is C39H47N4O8P. The predicted octanol–water partition coefficient (Wildman–Crippen LogP) is 5.78. The van der Waals surface area contributed by atoms with Crippen LogP contribution in [0.15, 0.2) is 101 Å². The van der Waals surface area contributed by atoms with E-state index in [1.807, 2.05) is 113 Å². The summed E-state index contributed by atoms with van der Waals surface area (Å²) in [7, 11) is -0.223. The molecule has 1 aliphatic rings. The molecule has 0 amide bonds. The molecule has 3 aromatic carbocycles. The molecule has 2 unspecified atom stereocenters. The molecule has 0 spiro atoms. The predicted molar refractivity (Wildman–Crippen MR) is 198 cm³/mol. The number of aryl methyl sites for hydroxylation is 1. The first-order valence-corrected chi connectivity index (χ1v) is 18.4. The number of rotatable bonds is 16. The average Bonchev–Trinajstić information content (AvgIpc) is 3.44. The normalized spacial score (nSPS) is 19.6. The van der Waals surface area contributed by atoms with E-state index >= 15 is 0 Å². The Bertz CT molecular complexity index is 1850. The fourth-order valence-electron chi connectivity index (χ4n) is 6.52. The zero-order valence-electron chi connectivity index (χ0n) is 30.3. The third-order valence-corrected chi connectivity index (χ3v) is 11.1. The average molecular weight is 731 g/mol. The molecule has 0 aliphatic carbocycles. The highest BCUT2D eigenvalue weighted by Gasteiger charge is 2.50. The van der Waals surface area contributed by atoms with Crippen LogP contribution in [0, 0.1) is 18.3 Å². The molecule has 0 radical (unpaired) electrons. The van der Waals surface area contributed by atoms with Gasteiger partial charge in [-0.3, -0.25) is 14.3 Å². The maximum Gasteiger partial charge on any atom is 0.330 e. The smallest absolute Gasteiger partial charge is 0.330 e. The van der Waals surface area contributed by atoms with E-state index in [9.17, 15) is 20.0 Å². The van der Waals surface area contributed by atoms with Crippen molar-refractivity contribution < 1.29 is 28.4 Å². The molecule has 2 N–H and O–H groups in total. The number of H-pyrrole nitrogens is 1. The molecule has 13 heteroatoms. The number of hydrogen-bond donors (Lipinski definition) is 2. The van der Waals surface area contributed by atoms with Crippen LogP contribution in [0.3, 0.4) is 0 Å². The van der Waals surface area contributed by atoms with Crippen molar-refractivity contribution in [3.05, 3.63) is 134 Å². The van der Waals surface area contributed by atoms with Crippen LogP contribution in [-0.4, -0.2) is 70.0 Å². The van der Waals surface area contributed by atoms with Crippen LogP contribution < -0.4 is 16.0 Å². The standard InChI is InChI=1S/C39H47N4O8P/c1-26(2)43(27(3)4)52(49-23-13-22-40)51-35-33(50-37(34(35)44)42-24-28(5)36(45)41-38(42)46)25-48-39(29-14-9-7-10-15-29,30-16-11-8-12-17-30)31-18-20-32(47-6)21-19-31/h7-12,14-21,24,26-27,33-35,37,44H,13,23,25H2,1-6H3,(H,41,45,46)/t33-,34?,35+,37-,52?/m1/s1. The van der Waals surface area contributed by atoms with Gasteiger partial charge < -0.3 is 28.4 Å². The molecule has 52 heavy (non-hydrogen) atoms. The lowest BCUT2D eigenvalue weighted by Gasteiger charge is -2.39. The first-order valence-electron chi connectivity index (χ1n) is 17.3. The van der Waals surface area contributed by atoms with Gasteiger partial charge in [-0.2, -0.15) is 5.26 Å². The molecule has 4 aromatic rings. The number of ether oxygens (including phenoxy) is 3. The largest absolute Gasteiger partial charge is 0.497 e. The second-order valence-electron chi connectivity index (χ2n) is 13.1. The van der Waals surface area contributed by atoms with Crippen molar-refractivity contribution >= 4 is 8.53 Å². The molecule has 0 saturated carbocycles. The van der Waals surface area contributed by atoms with E-state index in [4.69, 9.17) is 23.3 Å². The number of methoxy groups -OCH3 is 1. The molecule has 1 saturated heterocycles. The number of benzene rings is 3. The van der Waals surface area contributed by atoms with Gasteiger partial charge in [0.15, 0.2) is 6.23 Å². The van der Waals surface area contributed by atoms with E-state index in [2.05, 4.69) is 15.7 Å². The van der Waals surface area contributed by atoms with E-state index in [0.717, 1.165) is 16.7 Å². The summed E-state index contributed by atoms with van der Waals surface area (Å²) in [4.78, 5) is 27.7. The number of nitrogens with zero attached hydrogens (tertiary/aromatic N) is 3. The highest BCUT2D eigenvalue weighted by molar-refractivity contribution is 7.44. The maximum absolute atomic E-state index is 13.1. The molecule has 276 valence electrons. The number of aromatic nitrogens is 2. The molecular weight excluding hydrogens is 683 g/mol. The summed E-state index contributed by atoms with van der Waals surface area (Å²) < 4.78 is 35.3. The third kappa shape index (κ3) is 8.38. The van der Waals surface area contributed by atoms with E-state index in [1.165, 1.54) is 10.8 Å².